The fourth-order valence-corrected chi connectivity index (χ4v) is 3.10. The molecule has 0 bridgehead atoms. The van der Waals surface area contributed by atoms with Gasteiger partial charge >= 0.3 is 5.97 Å². The predicted molar refractivity (Wildman–Crippen MR) is 92.2 cm³/mol. The molecule has 0 saturated heterocycles. The van der Waals surface area contributed by atoms with Crippen LogP contribution in [-0.2, 0) is 16.0 Å². The first-order chi connectivity index (χ1) is 11.3. The molecule has 0 saturated carbocycles. The zero-order chi connectivity index (χ0) is 17.3. The van der Waals surface area contributed by atoms with Crippen LogP contribution >= 0.6 is 0 Å². The molecule has 0 heterocycles. The number of rotatable bonds is 3. The van der Waals surface area contributed by atoms with Crippen LogP contribution in [0.5, 0.6) is 0 Å². The van der Waals surface area contributed by atoms with Gasteiger partial charge < -0.3 is 10.1 Å². The molecule has 1 aliphatic carbocycles. The van der Waals surface area contributed by atoms with Crippen LogP contribution in [0.1, 0.15) is 37.9 Å². The SMILES string of the molecule is CC(C)(C)OC(=O)[C@H]1Cc2ccccc2[C@H]1Nc1ccc(F)cc1. The second-order valence-electron chi connectivity index (χ2n) is 7.17. The lowest BCUT2D eigenvalue weighted by atomic mass is 9.99. The van der Waals surface area contributed by atoms with E-state index in [1.807, 2.05) is 45.0 Å². The summed E-state index contributed by atoms with van der Waals surface area (Å²) in [5.41, 5.74) is 2.50. The number of ether oxygens (including phenoxy) is 1. The molecule has 3 nitrogen and oxygen atoms in total. The van der Waals surface area contributed by atoms with Crippen molar-refractivity contribution < 1.29 is 13.9 Å². The number of fused-ring (bicyclic) bond motifs is 1. The fourth-order valence-electron chi connectivity index (χ4n) is 3.10. The molecule has 3 rings (SSSR count). The van der Waals surface area contributed by atoms with Gasteiger partial charge in [-0.1, -0.05) is 24.3 Å². The number of carbonyl (C=O) groups is 1. The summed E-state index contributed by atoms with van der Waals surface area (Å²) in [4.78, 5) is 12.7. The second-order valence-corrected chi connectivity index (χ2v) is 7.17. The zero-order valence-corrected chi connectivity index (χ0v) is 14.2. The average molecular weight is 327 g/mol. The van der Waals surface area contributed by atoms with E-state index in [-0.39, 0.29) is 23.7 Å². The maximum Gasteiger partial charge on any atom is 0.312 e. The minimum Gasteiger partial charge on any atom is -0.460 e. The Morgan fingerprint density at radius 2 is 1.79 bits per heavy atom. The van der Waals surface area contributed by atoms with Crippen molar-refractivity contribution in [3.05, 3.63) is 65.5 Å². The van der Waals surface area contributed by atoms with Gasteiger partial charge in [0.25, 0.3) is 0 Å². The van der Waals surface area contributed by atoms with Gasteiger partial charge in [0.1, 0.15) is 11.4 Å². The molecule has 0 spiro atoms. The number of esters is 1. The van der Waals surface area contributed by atoms with Crippen LogP contribution < -0.4 is 5.32 Å². The van der Waals surface area contributed by atoms with E-state index >= 15 is 0 Å². The molecule has 0 aliphatic heterocycles. The molecule has 0 radical (unpaired) electrons. The highest BCUT2D eigenvalue weighted by Crippen LogP contribution is 2.39. The molecule has 2 atom stereocenters. The van der Waals surface area contributed by atoms with Gasteiger partial charge in [-0.2, -0.15) is 0 Å². The zero-order valence-electron chi connectivity index (χ0n) is 14.2. The maximum atomic E-state index is 13.1. The Morgan fingerprint density at radius 1 is 1.12 bits per heavy atom. The lowest BCUT2D eigenvalue weighted by Crippen LogP contribution is -2.32. The van der Waals surface area contributed by atoms with Crippen LogP contribution in [-0.4, -0.2) is 11.6 Å². The van der Waals surface area contributed by atoms with Crippen molar-refractivity contribution in [1.29, 1.82) is 0 Å². The number of hydrogen-bond acceptors (Lipinski definition) is 3. The summed E-state index contributed by atoms with van der Waals surface area (Å²) < 4.78 is 18.7. The standard InChI is InChI=1S/C20H22FNO2/c1-20(2,3)24-19(23)17-12-13-6-4-5-7-16(13)18(17)22-15-10-8-14(21)9-11-15/h4-11,17-18,22H,12H2,1-3H3/t17-,18+/m0/s1. The Balaban J connectivity index is 1.88. The van der Waals surface area contributed by atoms with Gasteiger partial charge in [-0.05, 0) is 62.6 Å². The van der Waals surface area contributed by atoms with Crippen molar-refractivity contribution in [3.63, 3.8) is 0 Å². The number of carbonyl (C=O) groups excluding carboxylic acids is 1. The Labute approximate surface area is 141 Å². The molecule has 24 heavy (non-hydrogen) atoms. The number of nitrogens with one attached hydrogen (secondary N) is 1. The first-order valence-corrected chi connectivity index (χ1v) is 8.16. The summed E-state index contributed by atoms with van der Waals surface area (Å²) in [6, 6.07) is 14.0. The van der Waals surface area contributed by atoms with Gasteiger partial charge in [-0.3, -0.25) is 4.79 Å². The summed E-state index contributed by atoms with van der Waals surface area (Å²) in [7, 11) is 0. The maximum absolute atomic E-state index is 13.1. The molecule has 2 aromatic rings. The van der Waals surface area contributed by atoms with Crippen molar-refractivity contribution in [2.75, 3.05) is 5.32 Å². The number of benzene rings is 2. The molecular weight excluding hydrogens is 305 g/mol. The Morgan fingerprint density at radius 3 is 2.46 bits per heavy atom. The normalized spacial score (nSPS) is 19.7. The molecule has 0 unspecified atom stereocenters. The molecule has 2 aromatic carbocycles. The van der Waals surface area contributed by atoms with E-state index < -0.39 is 5.60 Å². The van der Waals surface area contributed by atoms with E-state index in [2.05, 4.69) is 5.32 Å². The summed E-state index contributed by atoms with van der Waals surface area (Å²) in [6.07, 6.45) is 0.643. The van der Waals surface area contributed by atoms with Gasteiger partial charge in [-0.15, -0.1) is 0 Å². The quantitative estimate of drug-likeness (QED) is 0.844. The Bertz CT molecular complexity index is 734. The monoisotopic (exact) mass is 327 g/mol. The van der Waals surface area contributed by atoms with Crippen molar-refractivity contribution in [2.24, 2.45) is 5.92 Å². The highest BCUT2D eigenvalue weighted by molar-refractivity contribution is 5.77. The second kappa shape index (κ2) is 6.27. The molecular formula is C20H22FNO2. The van der Waals surface area contributed by atoms with Crippen molar-refractivity contribution >= 4 is 11.7 Å². The van der Waals surface area contributed by atoms with Crippen LogP contribution in [0.15, 0.2) is 48.5 Å². The summed E-state index contributed by atoms with van der Waals surface area (Å²) in [5.74, 6) is -0.791. The van der Waals surface area contributed by atoms with E-state index in [9.17, 15) is 9.18 Å². The van der Waals surface area contributed by atoms with Crippen molar-refractivity contribution in [2.45, 2.75) is 38.8 Å². The van der Waals surface area contributed by atoms with Crippen molar-refractivity contribution in [1.82, 2.24) is 0 Å². The fraction of sp³-hybridized carbons (Fsp3) is 0.350. The van der Waals surface area contributed by atoms with Gasteiger partial charge in [-0.25, -0.2) is 4.39 Å². The van der Waals surface area contributed by atoms with Gasteiger partial charge in [0, 0.05) is 5.69 Å². The van der Waals surface area contributed by atoms with Crippen LogP contribution in [0, 0.1) is 11.7 Å². The summed E-state index contributed by atoms with van der Waals surface area (Å²) in [6.45, 7) is 5.61. The van der Waals surface area contributed by atoms with E-state index in [0.29, 0.717) is 6.42 Å². The minimum absolute atomic E-state index is 0.179. The van der Waals surface area contributed by atoms with E-state index in [4.69, 9.17) is 4.74 Å². The third-order valence-corrected chi connectivity index (χ3v) is 4.11. The smallest absolute Gasteiger partial charge is 0.312 e. The number of anilines is 1. The minimum atomic E-state index is -0.522. The molecule has 126 valence electrons. The molecule has 0 amide bonds. The average Bonchev–Trinajstić information content (AvgIpc) is 2.87. The largest absolute Gasteiger partial charge is 0.460 e. The Kier molecular flexibility index (Phi) is 4.31. The number of halogens is 1. The third-order valence-electron chi connectivity index (χ3n) is 4.11. The van der Waals surface area contributed by atoms with Crippen LogP contribution in [0.4, 0.5) is 10.1 Å². The number of hydrogen-bond donors (Lipinski definition) is 1. The molecule has 0 aromatic heterocycles. The Hall–Kier alpha value is -2.36. The van der Waals surface area contributed by atoms with Crippen LogP contribution in [0.2, 0.25) is 0 Å². The topological polar surface area (TPSA) is 38.3 Å². The summed E-state index contributed by atoms with van der Waals surface area (Å²) in [5, 5.41) is 3.37. The predicted octanol–water partition coefficient (Wildman–Crippen LogP) is 4.49. The molecule has 1 aliphatic rings. The van der Waals surface area contributed by atoms with Crippen molar-refractivity contribution in [3.8, 4) is 0 Å². The highest BCUT2D eigenvalue weighted by Gasteiger charge is 2.39. The first kappa shape index (κ1) is 16.5. The van der Waals surface area contributed by atoms with Crippen LogP contribution in [0.3, 0.4) is 0 Å². The van der Waals surface area contributed by atoms with E-state index in [1.165, 1.54) is 12.1 Å². The van der Waals surface area contributed by atoms with Gasteiger partial charge in [0.2, 0.25) is 0 Å². The van der Waals surface area contributed by atoms with Gasteiger partial charge in [0.15, 0.2) is 0 Å². The van der Waals surface area contributed by atoms with E-state index in [0.717, 1.165) is 16.8 Å². The summed E-state index contributed by atoms with van der Waals surface area (Å²) >= 11 is 0. The molecule has 4 heteroatoms. The molecule has 0 fully saturated rings. The van der Waals surface area contributed by atoms with E-state index in [1.54, 1.807) is 12.1 Å². The molecule has 1 N–H and O–H groups in total. The lowest BCUT2D eigenvalue weighted by Gasteiger charge is -2.26. The first-order valence-electron chi connectivity index (χ1n) is 8.16. The highest BCUT2D eigenvalue weighted by atomic mass is 19.1. The van der Waals surface area contributed by atoms with Crippen LogP contribution in [0.25, 0.3) is 0 Å². The lowest BCUT2D eigenvalue weighted by molar-refractivity contribution is -0.160. The third kappa shape index (κ3) is 3.58. The van der Waals surface area contributed by atoms with Gasteiger partial charge in [0.05, 0.1) is 12.0 Å².